The number of carbonyl (C=O) groups is 2. The van der Waals surface area contributed by atoms with Crippen molar-refractivity contribution in [2.75, 3.05) is 0 Å². The first-order valence-electron chi connectivity index (χ1n) is 5.63. The van der Waals surface area contributed by atoms with Crippen molar-refractivity contribution < 1.29 is 14.3 Å². The second kappa shape index (κ2) is 4.11. The first-order chi connectivity index (χ1) is 8.78. The topological polar surface area (TPSA) is 43.4 Å². The molecule has 2 aromatic carbocycles. The minimum atomic E-state index is -0.257. The smallest absolute Gasteiger partial charge is 0.338 e. The lowest BCUT2D eigenvalue weighted by Gasteiger charge is -2.03. The van der Waals surface area contributed by atoms with Crippen LogP contribution in [0.25, 0.3) is 11.1 Å². The lowest BCUT2D eigenvalue weighted by atomic mass is 10.00. The Kier molecular flexibility index (Phi) is 2.45. The molecule has 0 unspecified atom stereocenters. The van der Waals surface area contributed by atoms with Crippen LogP contribution >= 0.6 is 0 Å². The molecule has 0 aliphatic carbocycles. The normalized spacial score (nSPS) is 13.0. The van der Waals surface area contributed by atoms with Gasteiger partial charge in [0.1, 0.15) is 12.9 Å². The number of aldehydes is 1. The SMILES string of the molecule is O=Cc1ccc(-c2ccc3c(c2)COC3=O)cc1. The lowest BCUT2D eigenvalue weighted by molar-refractivity contribution is 0.0535. The summed E-state index contributed by atoms with van der Waals surface area (Å²) in [5.41, 5.74) is 4.24. The maximum atomic E-state index is 11.3. The molecule has 1 aliphatic rings. The fraction of sp³-hybridized carbons (Fsp3) is 0.0667. The molecular weight excluding hydrogens is 228 g/mol. The third kappa shape index (κ3) is 1.70. The van der Waals surface area contributed by atoms with Gasteiger partial charge in [-0.05, 0) is 23.3 Å². The Morgan fingerprint density at radius 3 is 2.44 bits per heavy atom. The van der Waals surface area contributed by atoms with Crippen molar-refractivity contribution in [3.63, 3.8) is 0 Å². The summed E-state index contributed by atoms with van der Waals surface area (Å²) in [5.74, 6) is -0.257. The zero-order chi connectivity index (χ0) is 12.5. The van der Waals surface area contributed by atoms with Crippen molar-refractivity contribution in [2.24, 2.45) is 0 Å². The molecule has 3 heteroatoms. The molecule has 0 bridgehead atoms. The van der Waals surface area contributed by atoms with Crippen LogP contribution in [0.1, 0.15) is 26.3 Å². The summed E-state index contributed by atoms with van der Waals surface area (Å²) >= 11 is 0. The van der Waals surface area contributed by atoms with Crippen molar-refractivity contribution in [1.29, 1.82) is 0 Å². The Balaban J connectivity index is 2.02. The third-order valence-corrected chi connectivity index (χ3v) is 3.06. The van der Waals surface area contributed by atoms with E-state index in [4.69, 9.17) is 4.74 Å². The van der Waals surface area contributed by atoms with Gasteiger partial charge in [0.15, 0.2) is 0 Å². The highest BCUT2D eigenvalue weighted by Gasteiger charge is 2.20. The number of esters is 1. The van der Waals surface area contributed by atoms with Gasteiger partial charge in [-0.1, -0.05) is 30.3 Å². The molecular formula is C15H10O3. The standard InChI is InChI=1S/C15H10O3/c16-8-10-1-3-11(4-2-10)12-5-6-14-13(7-12)9-18-15(14)17/h1-8H,9H2. The molecule has 2 aromatic rings. The minimum Gasteiger partial charge on any atom is -0.457 e. The monoisotopic (exact) mass is 238 g/mol. The number of fused-ring (bicyclic) bond motifs is 1. The van der Waals surface area contributed by atoms with Crippen LogP contribution in [0.4, 0.5) is 0 Å². The third-order valence-electron chi connectivity index (χ3n) is 3.06. The molecule has 0 N–H and O–H groups in total. The van der Waals surface area contributed by atoms with Crippen molar-refractivity contribution >= 4 is 12.3 Å². The largest absolute Gasteiger partial charge is 0.457 e. The Morgan fingerprint density at radius 1 is 1.00 bits per heavy atom. The van der Waals surface area contributed by atoms with Crippen LogP contribution in [-0.2, 0) is 11.3 Å². The zero-order valence-corrected chi connectivity index (χ0v) is 9.55. The average Bonchev–Trinajstić information content (AvgIpc) is 2.80. The van der Waals surface area contributed by atoms with Gasteiger partial charge in [-0.25, -0.2) is 4.79 Å². The molecule has 1 heterocycles. The summed E-state index contributed by atoms with van der Waals surface area (Å²) in [5, 5.41) is 0. The quantitative estimate of drug-likeness (QED) is 0.597. The van der Waals surface area contributed by atoms with Gasteiger partial charge in [0.2, 0.25) is 0 Å². The summed E-state index contributed by atoms with van der Waals surface area (Å²) in [7, 11) is 0. The number of benzene rings is 2. The summed E-state index contributed by atoms with van der Waals surface area (Å²) < 4.78 is 4.97. The number of cyclic esters (lactones) is 1. The molecule has 3 nitrogen and oxygen atoms in total. The van der Waals surface area contributed by atoms with Gasteiger partial charge < -0.3 is 4.74 Å². The molecule has 18 heavy (non-hydrogen) atoms. The number of carbonyl (C=O) groups excluding carboxylic acids is 2. The highest BCUT2D eigenvalue weighted by molar-refractivity contribution is 5.94. The van der Waals surface area contributed by atoms with E-state index in [9.17, 15) is 9.59 Å². The van der Waals surface area contributed by atoms with E-state index in [1.54, 1.807) is 18.2 Å². The highest BCUT2D eigenvalue weighted by atomic mass is 16.5. The summed E-state index contributed by atoms with van der Waals surface area (Å²) in [6, 6.07) is 13.0. The van der Waals surface area contributed by atoms with E-state index in [1.807, 2.05) is 24.3 Å². The molecule has 0 saturated carbocycles. The highest BCUT2D eigenvalue weighted by Crippen LogP contribution is 2.27. The maximum Gasteiger partial charge on any atom is 0.338 e. The molecule has 0 fully saturated rings. The number of hydrogen-bond donors (Lipinski definition) is 0. The van der Waals surface area contributed by atoms with E-state index in [0.29, 0.717) is 17.7 Å². The molecule has 0 atom stereocenters. The van der Waals surface area contributed by atoms with Crippen molar-refractivity contribution in [1.82, 2.24) is 0 Å². The van der Waals surface area contributed by atoms with E-state index < -0.39 is 0 Å². The first-order valence-corrected chi connectivity index (χ1v) is 5.63. The van der Waals surface area contributed by atoms with Crippen LogP contribution in [0.5, 0.6) is 0 Å². The molecule has 1 aliphatic heterocycles. The Bertz CT molecular complexity index is 627. The summed E-state index contributed by atoms with van der Waals surface area (Å²) in [4.78, 5) is 21.9. The number of ether oxygens (including phenoxy) is 1. The van der Waals surface area contributed by atoms with Gasteiger partial charge in [0, 0.05) is 11.1 Å². The molecule has 88 valence electrons. The summed E-state index contributed by atoms with van der Waals surface area (Å²) in [6.45, 7) is 0.342. The fourth-order valence-corrected chi connectivity index (χ4v) is 2.07. The summed E-state index contributed by atoms with van der Waals surface area (Å²) in [6.07, 6.45) is 0.818. The first kappa shape index (κ1) is 10.7. The zero-order valence-electron chi connectivity index (χ0n) is 9.55. The van der Waals surface area contributed by atoms with Crippen molar-refractivity contribution in [3.05, 3.63) is 59.2 Å². The van der Waals surface area contributed by atoms with Crippen LogP contribution in [-0.4, -0.2) is 12.3 Å². The lowest BCUT2D eigenvalue weighted by Crippen LogP contribution is -1.93. The van der Waals surface area contributed by atoms with Gasteiger partial charge in [-0.15, -0.1) is 0 Å². The molecule has 3 rings (SSSR count). The number of rotatable bonds is 2. The molecule has 0 radical (unpaired) electrons. The van der Waals surface area contributed by atoms with E-state index in [2.05, 4.69) is 0 Å². The molecule has 0 aromatic heterocycles. The van der Waals surface area contributed by atoms with E-state index in [0.717, 1.165) is 23.0 Å². The van der Waals surface area contributed by atoms with Crippen molar-refractivity contribution in [3.8, 4) is 11.1 Å². The Morgan fingerprint density at radius 2 is 1.72 bits per heavy atom. The molecule has 0 saturated heterocycles. The van der Waals surface area contributed by atoms with E-state index >= 15 is 0 Å². The van der Waals surface area contributed by atoms with Gasteiger partial charge in [0.25, 0.3) is 0 Å². The minimum absolute atomic E-state index is 0.257. The van der Waals surface area contributed by atoms with Crippen LogP contribution in [0.15, 0.2) is 42.5 Å². The second-order valence-corrected chi connectivity index (χ2v) is 4.19. The molecule has 0 spiro atoms. The second-order valence-electron chi connectivity index (χ2n) is 4.19. The maximum absolute atomic E-state index is 11.3. The Hall–Kier alpha value is -2.42. The van der Waals surface area contributed by atoms with Gasteiger partial charge in [0.05, 0.1) is 5.56 Å². The van der Waals surface area contributed by atoms with Gasteiger partial charge in [-0.2, -0.15) is 0 Å². The van der Waals surface area contributed by atoms with Crippen LogP contribution in [0.3, 0.4) is 0 Å². The fourth-order valence-electron chi connectivity index (χ4n) is 2.07. The predicted octanol–water partition coefficient (Wildman–Crippen LogP) is 2.84. The van der Waals surface area contributed by atoms with E-state index in [1.165, 1.54) is 0 Å². The van der Waals surface area contributed by atoms with Gasteiger partial charge in [-0.3, -0.25) is 4.79 Å². The number of hydrogen-bond acceptors (Lipinski definition) is 3. The van der Waals surface area contributed by atoms with Crippen molar-refractivity contribution in [2.45, 2.75) is 6.61 Å². The average molecular weight is 238 g/mol. The van der Waals surface area contributed by atoms with Crippen LogP contribution in [0.2, 0.25) is 0 Å². The van der Waals surface area contributed by atoms with Gasteiger partial charge >= 0.3 is 5.97 Å². The Labute approximate surface area is 104 Å². The predicted molar refractivity (Wildman–Crippen MR) is 66.4 cm³/mol. The van der Waals surface area contributed by atoms with E-state index in [-0.39, 0.29) is 5.97 Å². The van der Waals surface area contributed by atoms with Crippen LogP contribution in [0, 0.1) is 0 Å². The van der Waals surface area contributed by atoms with Crippen LogP contribution < -0.4 is 0 Å². The molecule has 0 amide bonds.